The average Bonchev–Trinajstić information content (AvgIpc) is 2.80. The first kappa shape index (κ1) is 17.9. The van der Waals surface area contributed by atoms with Crippen molar-refractivity contribution in [3.05, 3.63) is 24.0 Å². The number of allylic oxidation sites excluding steroid dienone is 1. The molecule has 0 saturated carbocycles. The number of aryl methyl sites for hydroxylation is 2. The summed E-state index contributed by atoms with van der Waals surface area (Å²) in [6.07, 6.45) is 2.94. The number of ketones is 1. The highest BCUT2D eigenvalue weighted by molar-refractivity contribution is 5.91. The second kappa shape index (κ2) is 11.0. The highest BCUT2D eigenvalue weighted by Gasteiger charge is 1.92. The number of carbonyl (C=O) groups excluding carboxylic acids is 1. The number of aromatic nitrogens is 3. The summed E-state index contributed by atoms with van der Waals surface area (Å²) in [5.74, 6) is 0.0648. The molecule has 0 amide bonds. The fourth-order valence-electron chi connectivity index (χ4n) is 0.655. The van der Waals surface area contributed by atoms with Gasteiger partial charge in [0.2, 0.25) is 0 Å². The third kappa shape index (κ3) is 9.48. The van der Waals surface area contributed by atoms with Crippen LogP contribution in [0, 0.1) is 0 Å². The van der Waals surface area contributed by atoms with Gasteiger partial charge < -0.3 is 0 Å². The topological polar surface area (TPSA) is 47.8 Å². The van der Waals surface area contributed by atoms with Gasteiger partial charge in [-0.2, -0.15) is 0 Å². The normalized spacial score (nSPS) is 8.35. The first-order valence-electron chi connectivity index (χ1n) is 6.06. The van der Waals surface area contributed by atoms with Crippen molar-refractivity contribution >= 4 is 5.78 Å². The number of carbonyl (C=O) groups is 1. The molecule has 4 heteroatoms. The van der Waals surface area contributed by atoms with Crippen molar-refractivity contribution in [3.8, 4) is 0 Å². The molecule has 0 N–H and O–H groups in total. The molecule has 0 aliphatic carbocycles. The van der Waals surface area contributed by atoms with E-state index in [-0.39, 0.29) is 5.78 Å². The van der Waals surface area contributed by atoms with E-state index in [9.17, 15) is 4.79 Å². The van der Waals surface area contributed by atoms with Gasteiger partial charge in [0.1, 0.15) is 0 Å². The van der Waals surface area contributed by atoms with E-state index in [4.69, 9.17) is 0 Å². The summed E-state index contributed by atoms with van der Waals surface area (Å²) in [5, 5.41) is 7.79. The molecule has 0 fully saturated rings. The summed E-state index contributed by atoms with van der Waals surface area (Å²) < 4.78 is 1.83. The van der Waals surface area contributed by atoms with Crippen molar-refractivity contribution in [2.45, 2.75) is 54.5 Å². The molecule has 0 spiro atoms. The molecule has 1 aromatic heterocycles. The van der Waals surface area contributed by atoms with Crippen molar-refractivity contribution in [3.63, 3.8) is 0 Å². The summed E-state index contributed by atoms with van der Waals surface area (Å²) >= 11 is 0. The van der Waals surface area contributed by atoms with Crippen LogP contribution >= 0.6 is 0 Å². The zero-order valence-corrected chi connectivity index (χ0v) is 11.9. The fourth-order valence-corrected chi connectivity index (χ4v) is 0.655. The van der Waals surface area contributed by atoms with Crippen molar-refractivity contribution in [2.24, 2.45) is 0 Å². The van der Waals surface area contributed by atoms with Crippen LogP contribution in [-0.2, 0) is 17.8 Å². The summed E-state index contributed by atoms with van der Waals surface area (Å²) in [7, 11) is 0. The second-order valence-corrected chi connectivity index (χ2v) is 3.26. The van der Waals surface area contributed by atoms with Gasteiger partial charge in [0.25, 0.3) is 0 Å². The molecular weight excluding hydrogens is 214 g/mol. The first-order valence-corrected chi connectivity index (χ1v) is 6.06. The second-order valence-electron chi connectivity index (χ2n) is 3.26. The number of rotatable bonds is 3. The summed E-state index contributed by atoms with van der Waals surface area (Å²) in [6.45, 7) is 15.6. The number of hydrogen-bond donors (Lipinski definition) is 0. The molecule has 0 aromatic carbocycles. The minimum atomic E-state index is 0.0648. The molecule has 17 heavy (non-hydrogen) atoms. The van der Waals surface area contributed by atoms with E-state index in [1.54, 1.807) is 6.92 Å². The van der Waals surface area contributed by atoms with Crippen molar-refractivity contribution in [1.29, 1.82) is 0 Å². The standard InChI is InChI=1S/C6H11N3.C5H8O.C2H6/c1-3-6-5-9(4-2)8-7-6;1-4(2)5(3)6;1-2/h5H,3-4H2,1-2H3;1H2,2-3H3;1-2H3. The van der Waals surface area contributed by atoms with Crippen LogP contribution in [0.3, 0.4) is 0 Å². The smallest absolute Gasteiger partial charge is 0.154 e. The van der Waals surface area contributed by atoms with E-state index in [2.05, 4.69) is 23.8 Å². The monoisotopic (exact) mass is 239 g/mol. The molecule has 0 aliphatic rings. The number of nitrogens with zero attached hydrogens (tertiary/aromatic N) is 3. The van der Waals surface area contributed by atoms with Gasteiger partial charge >= 0.3 is 0 Å². The Labute approximate surface area is 105 Å². The molecule has 4 nitrogen and oxygen atoms in total. The minimum absolute atomic E-state index is 0.0648. The van der Waals surface area contributed by atoms with E-state index in [1.165, 1.54) is 6.92 Å². The lowest BCUT2D eigenvalue weighted by Crippen LogP contribution is -1.93. The predicted molar refractivity (Wildman–Crippen MR) is 71.9 cm³/mol. The van der Waals surface area contributed by atoms with Gasteiger partial charge in [0.05, 0.1) is 5.69 Å². The summed E-state index contributed by atoms with van der Waals surface area (Å²) in [4.78, 5) is 10.0. The van der Waals surface area contributed by atoms with E-state index in [1.807, 2.05) is 31.6 Å². The van der Waals surface area contributed by atoms with Crippen LogP contribution in [0.25, 0.3) is 0 Å². The molecule has 0 aliphatic heterocycles. The van der Waals surface area contributed by atoms with Crippen molar-refractivity contribution in [2.75, 3.05) is 0 Å². The van der Waals surface area contributed by atoms with Crippen molar-refractivity contribution < 1.29 is 4.79 Å². The number of hydrogen-bond acceptors (Lipinski definition) is 3. The van der Waals surface area contributed by atoms with Crippen LogP contribution < -0.4 is 0 Å². The Bertz CT molecular complexity index is 299. The zero-order valence-electron chi connectivity index (χ0n) is 11.9. The average molecular weight is 239 g/mol. The lowest BCUT2D eigenvalue weighted by atomic mass is 10.3. The van der Waals surface area contributed by atoms with Crippen LogP contribution in [0.15, 0.2) is 18.3 Å². The maximum absolute atomic E-state index is 10.0. The van der Waals surface area contributed by atoms with Gasteiger partial charge in [-0.1, -0.05) is 32.6 Å². The van der Waals surface area contributed by atoms with E-state index >= 15 is 0 Å². The molecule has 0 bridgehead atoms. The van der Waals surface area contributed by atoms with Gasteiger partial charge in [-0.15, -0.1) is 5.10 Å². The largest absolute Gasteiger partial charge is 0.295 e. The summed E-state index contributed by atoms with van der Waals surface area (Å²) in [6, 6.07) is 0. The Kier molecular flexibility index (Phi) is 11.7. The fraction of sp³-hybridized carbons (Fsp3) is 0.615. The maximum Gasteiger partial charge on any atom is 0.154 e. The lowest BCUT2D eigenvalue weighted by Gasteiger charge is -1.86. The maximum atomic E-state index is 10.0. The van der Waals surface area contributed by atoms with Gasteiger partial charge in [-0.3, -0.25) is 9.48 Å². The highest BCUT2D eigenvalue weighted by Crippen LogP contribution is 1.91. The molecule has 0 saturated heterocycles. The zero-order chi connectivity index (χ0) is 13.8. The first-order chi connectivity index (χ1) is 8.01. The Morgan fingerprint density at radius 3 is 2.00 bits per heavy atom. The van der Waals surface area contributed by atoms with E-state index in [0.717, 1.165) is 18.7 Å². The van der Waals surface area contributed by atoms with Gasteiger partial charge in [-0.05, 0) is 32.8 Å². The van der Waals surface area contributed by atoms with Crippen LogP contribution in [-0.4, -0.2) is 20.8 Å². The Morgan fingerprint density at radius 1 is 1.35 bits per heavy atom. The Balaban J connectivity index is 0. The minimum Gasteiger partial charge on any atom is -0.295 e. The van der Waals surface area contributed by atoms with E-state index in [0.29, 0.717) is 5.57 Å². The molecule has 0 radical (unpaired) electrons. The molecule has 1 aromatic rings. The molecule has 1 heterocycles. The highest BCUT2D eigenvalue weighted by atomic mass is 16.1. The van der Waals surface area contributed by atoms with Crippen LogP contribution in [0.2, 0.25) is 0 Å². The van der Waals surface area contributed by atoms with Gasteiger partial charge in [0.15, 0.2) is 5.78 Å². The molecule has 0 unspecified atom stereocenters. The third-order valence-corrected chi connectivity index (χ3v) is 1.87. The summed E-state index contributed by atoms with van der Waals surface area (Å²) in [5.41, 5.74) is 1.69. The molecule has 1 rings (SSSR count). The Hall–Kier alpha value is -1.45. The Morgan fingerprint density at radius 2 is 1.82 bits per heavy atom. The van der Waals surface area contributed by atoms with Crippen LogP contribution in [0.5, 0.6) is 0 Å². The predicted octanol–water partition coefficient (Wildman–Crippen LogP) is 3.04. The SMILES string of the molecule is C=C(C)C(C)=O.CC.CCc1cn(CC)nn1. The van der Waals surface area contributed by atoms with Crippen molar-refractivity contribution in [1.82, 2.24) is 15.0 Å². The molecular formula is C13H25N3O. The quantitative estimate of drug-likeness (QED) is 0.762. The molecule has 0 atom stereocenters. The van der Waals surface area contributed by atoms with Crippen LogP contribution in [0.4, 0.5) is 0 Å². The number of Topliss-reactive ketones (excluding diaryl/α,β-unsaturated/α-hetero) is 1. The van der Waals surface area contributed by atoms with E-state index < -0.39 is 0 Å². The third-order valence-electron chi connectivity index (χ3n) is 1.87. The van der Waals surface area contributed by atoms with Gasteiger partial charge in [0, 0.05) is 12.7 Å². The van der Waals surface area contributed by atoms with Crippen LogP contribution in [0.1, 0.15) is 47.2 Å². The molecule has 98 valence electrons. The lowest BCUT2D eigenvalue weighted by molar-refractivity contribution is -0.113. The van der Waals surface area contributed by atoms with Gasteiger partial charge in [-0.25, -0.2) is 0 Å².